The van der Waals surface area contributed by atoms with E-state index in [1.54, 1.807) is 26.0 Å². The van der Waals surface area contributed by atoms with Crippen molar-refractivity contribution in [1.82, 2.24) is 25.1 Å². The van der Waals surface area contributed by atoms with E-state index in [2.05, 4.69) is 20.5 Å². The standard InChI is InChI=1S/C19H21N5O3/c1-10-9-16(13(4)25)12(3)24(10)15-7-5-14(6-8-15)18(26)20-11(2)17-21-19(27)23-22-17/h5-9,11H,1-4H3,(H,20,26)(H2,21,22,23,27)/t11-/m0/s1. The number of nitrogens with zero attached hydrogens (tertiary/aromatic N) is 2. The summed E-state index contributed by atoms with van der Waals surface area (Å²) in [6.45, 7) is 7.12. The van der Waals surface area contributed by atoms with Crippen LogP contribution in [0, 0.1) is 13.8 Å². The molecule has 1 atom stereocenters. The summed E-state index contributed by atoms with van der Waals surface area (Å²) in [6, 6.07) is 8.53. The van der Waals surface area contributed by atoms with Gasteiger partial charge < -0.3 is 9.88 Å². The number of Topliss-reactive ketones (excluding diaryl/α,β-unsaturated/α-hetero) is 1. The molecule has 0 saturated carbocycles. The van der Waals surface area contributed by atoms with E-state index in [0.717, 1.165) is 17.1 Å². The van der Waals surface area contributed by atoms with Crippen LogP contribution in [0.25, 0.3) is 5.69 Å². The highest BCUT2D eigenvalue weighted by molar-refractivity contribution is 5.96. The Kier molecular flexibility index (Phi) is 4.81. The van der Waals surface area contributed by atoms with Gasteiger partial charge in [0.2, 0.25) is 0 Å². The molecule has 1 aromatic carbocycles. The largest absolute Gasteiger partial charge is 0.342 e. The van der Waals surface area contributed by atoms with E-state index >= 15 is 0 Å². The third kappa shape index (κ3) is 3.59. The van der Waals surface area contributed by atoms with Crippen LogP contribution in [0.4, 0.5) is 0 Å². The molecule has 8 nitrogen and oxygen atoms in total. The van der Waals surface area contributed by atoms with Gasteiger partial charge >= 0.3 is 5.69 Å². The Labute approximate surface area is 155 Å². The van der Waals surface area contributed by atoms with E-state index < -0.39 is 11.7 Å². The average Bonchev–Trinajstić information content (AvgIpc) is 3.18. The van der Waals surface area contributed by atoms with Gasteiger partial charge in [0.25, 0.3) is 5.91 Å². The summed E-state index contributed by atoms with van der Waals surface area (Å²) >= 11 is 0. The van der Waals surface area contributed by atoms with Gasteiger partial charge in [-0.3, -0.25) is 14.6 Å². The van der Waals surface area contributed by atoms with E-state index in [-0.39, 0.29) is 11.7 Å². The Balaban J connectivity index is 1.80. The van der Waals surface area contributed by atoms with Crippen molar-refractivity contribution in [2.24, 2.45) is 0 Å². The van der Waals surface area contributed by atoms with Crippen LogP contribution in [0.1, 0.15) is 57.8 Å². The first kappa shape index (κ1) is 18.4. The minimum absolute atomic E-state index is 0.0238. The van der Waals surface area contributed by atoms with Gasteiger partial charge in [0, 0.05) is 28.2 Å². The number of H-pyrrole nitrogens is 2. The first-order chi connectivity index (χ1) is 12.8. The first-order valence-corrected chi connectivity index (χ1v) is 8.53. The minimum Gasteiger partial charge on any atom is -0.342 e. The zero-order chi connectivity index (χ0) is 19.7. The topological polar surface area (TPSA) is 113 Å². The van der Waals surface area contributed by atoms with Gasteiger partial charge in [-0.2, -0.15) is 5.10 Å². The molecule has 8 heteroatoms. The van der Waals surface area contributed by atoms with Crippen molar-refractivity contribution in [1.29, 1.82) is 0 Å². The predicted octanol–water partition coefficient (Wildman–Crippen LogP) is 2.20. The average molecular weight is 367 g/mol. The highest BCUT2D eigenvalue weighted by atomic mass is 16.2. The van der Waals surface area contributed by atoms with E-state index in [1.807, 2.05) is 36.6 Å². The fourth-order valence-electron chi connectivity index (χ4n) is 3.12. The van der Waals surface area contributed by atoms with E-state index in [9.17, 15) is 14.4 Å². The normalized spacial score (nSPS) is 12.0. The van der Waals surface area contributed by atoms with E-state index in [4.69, 9.17) is 0 Å². The van der Waals surface area contributed by atoms with Crippen LogP contribution in [0.5, 0.6) is 0 Å². The fraction of sp³-hybridized carbons (Fsp3) is 0.263. The lowest BCUT2D eigenvalue weighted by Crippen LogP contribution is -2.27. The highest BCUT2D eigenvalue weighted by Crippen LogP contribution is 2.21. The van der Waals surface area contributed by atoms with Gasteiger partial charge in [-0.25, -0.2) is 9.89 Å². The number of ketones is 1. The fourth-order valence-corrected chi connectivity index (χ4v) is 3.12. The van der Waals surface area contributed by atoms with Crippen molar-refractivity contribution >= 4 is 11.7 Å². The molecule has 3 aromatic rings. The Bertz CT molecular complexity index is 1060. The lowest BCUT2D eigenvalue weighted by Gasteiger charge is -2.13. The van der Waals surface area contributed by atoms with E-state index in [1.165, 1.54) is 0 Å². The van der Waals surface area contributed by atoms with E-state index in [0.29, 0.717) is 17.0 Å². The molecule has 0 bridgehead atoms. The second-order valence-electron chi connectivity index (χ2n) is 6.48. The number of carbonyl (C=O) groups excluding carboxylic acids is 2. The molecule has 27 heavy (non-hydrogen) atoms. The molecule has 0 spiro atoms. The van der Waals surface area contributed by atoms with Crippen LogP contribution in [0.2, 0.25) is 0 Å². The molecule has 3 N–H and O–H groups in total. The van der Waals surface area contributed by atoms with Gasteiger partial charge in [0.1, 0.15) is 0 Å². The smallest absolute Gasteiger partial charge is 0.340 e. The summed E-state index contributed by atoms with van der Waals surface area (Å²) in [5.41, 5.74) is 3.45. The van der Waals surface area contributed by atoms with Crippen molar-refractivity contribution < 1.29 is 9.59 Å². The molecule has 0 saturated heterocycles. The number of nitrogens with one attached hydrogen (secondary N) is 3. The molecule has 0 unspecified atom stereocenters. The van der Waals surface area contributed by atoms with Gasteiger partial charge in [-0.15, -0.1) is 0 Å². The maximum Gasteiger partial charge on any atom is 0.340 e. The number of hydrogen-bond donors (Lipinski definition) is 3. The van der Waals surface area contributed by atoms with Gasteiger partial charge in [-0.05, 0) is 58.0 Å². The lowest BCUT2D eigenvalue weighted by molar-refractivity contribution is 0.0937. The lowest BCUT2D eigenvalue weighted by atomic mass is 10.1. The molecule has 0 aliphatic rings. The third-order valence-corrected chi connectivity index (χ3v) is 4.48. The number of carbonyl (C=O) groups is 2. The molecule has 0 aliphatic heterocycles. The van der Waals surface area contributed by atoms with Crippen LogP contribution in [0.15, 0.2) is 35.1 Å². The second kappa shape index (κ2) is 7.06. The first-order valence-electron chi connectivity index (χ1n) is 8.53. The van der Waals surface area contributed by atoms with Gasteiger partial charge in [-0.1, -0.05) is 0 Å². The summed E-state index contributed by atoms with van der Waals surface area (Å²) in [5, 5.41) is 8.87. The maximum atomic E-state index is 12.4. The van der Waals surface area contributed by atoms with Crippen LogP contribution >= 0.6 is 0 Å². The molecule has 3 rings (SSSR count). The highest BCUT2D eigenvalue weighted by Gasteiger charge is 2.16. The van der Waals surface area contributed by atoms with Crippen LogP contribution in [-0.4, -0.2) is 31.4 Å². The van der Waals surface area contributed by atoms with Crippen molar-refractivity contribution in [2.75, 3.05) is 0 Å². The Hall–Kier alpha value is -3.42. The quantitative estimate of drug-likeness (QED) is 0.600. The maximum absolute atomic E-state index is 12.4. The Morgan fingerprint density at radius 2 is 1.85 bits per heavy atom. The summed E-state index contributed by atoms with van der Waals surface area (Å²) in [6.07, 6.45) is 0. The number of hydrogen-bond acceptors (Lipinski definition) is 4. The minimum atomic E-state index is -0.441. The molecular formula is C19H21N5O3. The van der Waals surface area contributed by atoms with Crippen molar-refractivity contribution in [3.8, 4) is 5.69 Å². The number of aromatic amines is 2. The molecule has 140 valence electrons. The zero-order valence-corrected chi connectivity index (χ0v) is 15.6. The number of amides is 1. The van der Waals surface area contributed by atoms with Gasteiger partial charge in [0.15, 0.2) is 11.6 Å². The van der Waals surface area contributed by atoms with Crippen molar-refractivity contribution in [3.05, 3.63) is 69.2 Å². The van der Waals surface area contributed by atoms with Crippen molar-refractivity contribution in [3.63, 3.8) is 0 Å². The molecule has 0 aliphatic carbocycles. The summed E-state index contributed by atoms with van der Waals surface area (Å²) in [7, 11) is 0. The number of aryl methyl sites for hydroxylation is 1. The second-order valence-corrected chi connectivity index (χ2v) is 6.48. The zero-order valence-electron chi connectivity index (χ0n) is 15.6. The van der Waals surface area contributed by atoms with Crippen LogP contribution < -0.4 is 11.0 Å². The molecule has 2 aromatic heterocycles. The Morgan fingerprint density at radius 3 is 2.37 bits per heavy atom. The molecule has 0 radical (unpaired) electrons. The molecule has 2 heterocycles. The summed E-state index contributed by atoms with van der Waals surface area (Å²) in [4.78, 5) is 37.8. The van der Waals surface area contributed by atoms with Crippen LogP contribution in [-0.2, 0) is 0 Å². The number of rotatable bonds is 5. The number of benzene rings is 1. The van der Waals surface area contributed by atoms with Crippen LogP contribution in [0.3, 0.4) is 0 Å². The number of aromatic nitrogens is 4. The molecule has 0 fully saturated rings. The monoisotopic (exact) mass is 367 g/mol. The van der Waals surface area contributed by atoms with Gasteiger partial charge in [0.05, 0.1) is 6.04 Å². The summed E-state index contributed by atoms with van der Waals surface area (Å²) in [5.74, 6) is 0.111. The summed E-state index contributed by atoms with van der Waals surface area (Å²) < 4.78 is 1.98. The molecular weight excluding hydrogens is 346 g/mol. The SMILES string of the molecule is CC(=O)c1cc(C)n(-c2ccc(C(=O)N[C@@H](C)c3n[nH]c(=O)[nH]3)cc2)c1C. The van der Waals surface area contributed by atoms with Crippen molar-refractivity contribution in [2.45, 2.75) is 33.7 Å². The predicted molar refractivity (Wildman–Crippen MR) is 100 cm³/mol. The third-order valence-electron chi connectivity index (χ3n) is 4.48. The molecule has 1 amide bonds. The Morgan fingerprint density at radius 1 is 1.19 bits per heavy atom.